The molecule has 2 N–H and O–H groups in total. The van der Waals surface area contributed by atoms with Gasteiger partial charge in [-0.15, -0.1) is 0 Å². The molecule has 0 unspecified atom stereocenters. The molecule has 0 saturated heterocycles. The Bertz CT molecular complexity index is 1400. The van der Waals surface area contributed by atoms with E-state index < -0.39 is 9.73 Å². The van der Waals surface area contributed by atoms with Crippen LogP contribution in [0.2, 0.25) is 5.02 Å². The Labute approximate surface area is 192 Å². The van der Waals surface area contributed by atoms with Crippen LogP contribution in [-0.4, -0.2) is 37.8 Å². The first-order valence-electron chi connectivity index (χ1n) is 10.0. The van der Waals surface area contributed by atoms with E-state index in [1.807, 2.05) is 50.4 Å². The third-order valence-corrected chi connectivity index (χ3v) is 5.42. The van der Waals surface area contributed by atoms with Crippen molar-refractivity contribution in [1.82, 2.24) is 15.0 Å². The molecule has 7 nitrogen and oxygen atoms in total. The number of para-hydroxylation sites is 1. The molecule has 0 saturated carbocycles. The highest BCUT2D eigenvalue weighted by Crippen LogP contribution is 2.35. The van der Waals surface area contributed by atoms with Crippen molar-refractivity contribution < 1.29 is 8.95 Å². The van der Waals surface area contributed by atoms with Crippen molar-refractivity contribution in [2.45, 2.75) is 20.0 Å². The minimum absolute atomic E-state index is 0.0636. The fourth-order valence-electron chi connectivity index (χ4n) is 3.28. The number of nitrogens with one attached hydrogen (secondary N) is 2. The predicted octanol–water partition coefficient (Wildman–Crippen LogP) is 6.17. The summed E-state index contributed by atoms with van der Waals surface area (Å²) < 4.78 is 22.3. The zero-order chi connectivity index (χ0) is 22.9. The van der Waals surface area contributed by atoms with Gasteiger partial charge in [-0.05, 0) is 32.0 Å². The molecule has 0 fully saturated rings. The van der Waals surface area contributed by atoms with E-state index in [1.165, 1.54) is 0 Å². The first-order valence-corrected chi connectivity index (χ1v) is 12.7. The molecule has 2 aromatic carbocycles. The molecular formula is C23H24ClN5O2S. The van der Waals surface area contributed by atoms with Crippen LogP contribution in [-0.2, 0) is 9.73 Å². The van der Waals surface area contributed by atoms with E-state index in [9.17, 15) is 4.21 Å². The maximum atomic E-state index is 12.1. The molecule has 0 amide bonds. The van der Waals surface area contributed by atoms with E-state index in [-0.39, 0.29) is 6.10 Å². The van der Waals surface area contributed by atoms with Crippen LogP contribution in [0.3, 0.4) is 0 Å². The Hall–Kier alpha value is -3.10. The number of H-pyrrole nitrogens is 1. The fourth-order valence-corrected chi connectivity index (χ4v) is 4.09. The number of ether oxygens (including phenoxy) is 1. The maximum Gasteiger partial charge on any atom is 0.227 e. The molecule has 2 heterocycles. The van der Waals surface area contributed by atoms with Crippen molar-refractivity contribution in [2.24, 2.45) is 4.36 Å². The van der Waals surface area contributed by atoms with Crippen LogP contribution >= 0.6 is 11.6 Å². The summed E-state index contributed by atoms with van der Waals surface area (Å²) in [6, 6.07) is 13.3. The Morgan fingerprint density at radius 1 is 1.19 bits per heavy atom. The molecule has 0 radical (unpaired) electrons. The number of hydrogen-bond donors (Lipinski definition) is 2. The average Bonchev–Trinajstić information content (AvgIpc) is 3.14. The number of benzene rings is 2. The second kappa shape index (κ2) is 8.80. The number of fused-ring (bicyclic) bond motifs is 1. The van der Waals surface area contributed by atoms with Gasteiger partial charge in [0.05, 0.1) is 34.4 Å². The summed E-state index contributed by atoms with van der Waals surface area (Å²) in [5.74, 6) is 0.944. The Morgan fingerprint density at radius 2 is 1.97 bits per heavy atom. The first-order chi connectivity index (χ1) is 15.2. The van der Waals surface area contributed by atoms with E-state index >= 15 is 0 Å². The van der Waals surface area contributed by atoms with Gasteiger partial charge in [0.1, 0.15) is 5.75 Å². The molecule has 0 bridgehead atoms. The lowest BCUT2D eigenvalue weighted by Gasteiger charge is -2.16. The number of aromatic amines is 1. The smallest absolute Gasteiger partial charge is 0.227 e. The predicted molar refractivity (Wildman–Crippen MR) is 132 cm³/mol. The van der Waals surface area contributed by atoms with Crippen LogP contribution in [0.4, 0.5) is 17.3 Å². The first kappa shape index (κ1) is 22.1. The summed E-state index contributed by atoms with van der Waals surface area (Å²) in [6.07, 6.45) is 6.58. The van der Waals surface area contributed by atoms with Crippen molar-refractivity contribution in [3.63, 3.8) is 0 Å². The molecule has 32 heavy (non-hydrogen) atoms. The number of halogens is 1. The van der Waals surface area contributed by atoms with E-state index in [0.717, 1.165) is 16.5 Å². The van der Waals surface area contributed by atoms with Crippen molar-refractivity contribution in [3.8, 4) is 17.0 Å². The SMILES string of the molecule is CC(C)Oc1cc(N=S(C)(C)=O)ccc1Nc1ncc(Cl)c(-c2c[nH]c3ccccc23)n1. The van der Waals surface area contributed by atoms with Crippen LogP contribution in [0.1, 0.15) is 13.8 Å². The van der Waals surface area contributed by atoms with Gasteiger partial charge >= 0.3 is 0 Å². The van der Waals surface area contributed by atoms with Gasteiger partial charge < -0.3 is 15.0 Å². The lowest BCUT2D eigenvalue weighted by Crippen LogP contribution is -2.08. The van der Waals surface area contributed by atoms with Gasteiger partial charge in [-0.2, -0.15) is 4.36 Å². The lowest BCUT2D eigenvalue weighted by atomic mass is 10.1. The van der Waals surface area contributed by atoms with Gasteiger partial charge in [0.15, 0.2) is 0 Å². The maximum absolute atomic E-state index is 12.1. The van der Waals surface area contributed by atoms with Gasteiger partial charge in [0.2, 0.25) is 5.95 Å². The third kappa shape index (κ3) is 5.03. The van der Waals surface area contributed by atoms with Crippen molar-refractivity contribution in [2.75, 3.05) is 17.8 Å². The number of hydrogen-bond acceptors (Lipinski definition) is 6. The highest BCUT2D eigenvalue weighted by atomic mass is 35.5. The highest BCUT2D eigenvalue weighted by molar-refractivity contribution is 7.92. The molecule has 0 atom stereocenters. The molecule has 4 rings (SSSR count). The quantitative estimate of drug-likeness (QED) is 0.352. The molecule has 0 spiro atoms. The monoisotopic (exact) mass is 469 g/mol. The third-order valence-electron chi connectivity index (χ3n) is 4.49. The standard InChI is InChI=1S/C23H24ClN5O2S/c1-14(2)31-21-11-15(29-32(3,4)30)9-10-20(21)27-23-26-13-18(24)22(28-23)17-12-25-19-8-6-5-7-16(17)19/h5-14,25H,1-4H3,(H,26,27,28). The Balaban J connectivity index is 1.73. The summed E-state index contributed by atoms with van der Waals surface area (Å²) in [5.41, 5.74) is 3.77. The van der Waals surface area contributed by atoms with Crippen LogP contribution in [0.15, 0.2) is 59.2 Å². The molecule has 4 aromatic rings. The molecule has 166 valence electrons. The van der Waals surface area contributed by atoms with Crippen LogP contribution < -0.4 is 10.1 Å². The Morgan fingerprint density at radius 3 is 2.72 bits per heavy atom. The molecule has 2 aromatic heterocycles. The molecule has 0 aliphatic carbocycles. The molecular weight excluding hydrogens is 446 g/mol. The number of anilines is 2. The van der Waals surface area contributed by atoms with E-state index in [1.54, 1.807) is 30.8 Å². The van der Waals surface area contributed by atoms with Gasteiger partial charge in [-0.25, -0.2) is 14.2 Å². The van der Waals surface area contributed by atoms with Gasteiger partial charge in [-0.3, -0.25) is 0 Å². The van der Waals surface area contributed by atoms with E-state index in [2.05, 4.69) is 24.6 Å². The van der Waals surface area contributed by atoms with Crippen molar-refractivity contribution in [1.29, 1.82) is 0 Å². The van der Waals surface area contributed by atoms with E-state index in [0.29, 0.717) is 33.8 Å². The second-order valence-electron chi connectivity index (χ2n) is 7.88. The molecule has 0 aliphatic heterocycles. The van der Waals surface area contributed by atoms with Gasteiger partial charge in [-0.1, -0.05) is 29.8 Å². The highest BCUT2D eigenvalue weighted by Gasteiger charge is 2.15. The Kier molecular flexibility index (Phi) is 6.08. The minimum atomic E-state index is -2.29. The van der Waals surface area contributed by atoms with Gasteiger partial charge in [0, 0.05) is 51.0 Å². The number of rotatable bonds is 6. The van der Waals surface area contributed by atoms with Crippen molar-refractivity contribution in [3.05, 3.63) is 59.9 Å². The topological polar surface area (TPSA) is 92.3 Å². The average molecular weight is 470 g/mol. The van der Waals surface area contributed by atoms with Crippen LogP contribution in [0, 0.1) is 0 Å². The second-order valence-corrected chi connectivity index (χ2v) is 10.8. The number of aromatic nitrogens is 3. The number of nitrogens with zero attached hydrogens (tertiary/aromatic N) is 3. The normalized spacial score (nSPS) is 11.7. The summed E-state index contributed by atoms with van der Waals surface area (Å²) >= 11 is 6.44. The van der Waals surface area contributed by atoms with Crippen LogP contribution in [0.5, 0.6) is 5.75 Å². The summed E-state index contributed by atoms with van der Waals surface area (Å²) in [6.45, 7) is 3.87. The molecule has 0 aliphatic rings. The lowest BCUT2D eigenvalue weighted by molar-refractivity contribution is 0.244. The summed E-state index contributed by atoms with van der Waals surface area (Å²) in [7, 11) is -2.29. The van der Waals surface area contributed by atoms with Crippen LogP contribution in [0.25, 0.3) is 22.2 Å². The summed E-state index contributed by atoms with van der Waals surface area (Å²) in [4.78, 5) is 12.2. The minimum Gasteiger partial charge on any atom is -0.489 e. The van der Waals surface area contributed by atoms with E-state index in [4.69, 9.17) is 16.3 Å². The fraction of sp³-hybridized carbons (Fsp3) is 0.217. The molecule has 9 heteroatoms. The summed E-state index contributed by atoms with van der Waals surface area (Å²) in [5, 5.41) is 4.69. The zero-order valence-electron chi connectivity index (χ0n) is 18.2. The van der Waals surface area contributed by atoms with Crippen molar-refractivity contribution >= 4 is 49.6 Å². The van der Waals surface area contributed by atoms with Gasteiger partial charge in [0.25, 0.3) is 0 Å². The zero-order valence-corrected chi connectivity index (χ0v) is 19.8. The largest absolute Gasteiger partial charge is 0.489 e.